The van der Waals surface area contributed by atoms with Gasteiger partial charge in [-0.05, 0) is 212 Å². The van der Waals surface area contributed by atoms with Crippen LogP contribution in [0, 0.1) is 54.3 Å². The van der Waals surface area contributed by atoms with E-state index in [1.54, 1.807) is 0 Å². The van der Waals surface area contributed by atoms with Gasteiger partial charge in [-0.1, -0.05) is 183 Å². The highest BCUT2D eigenvalue weighted by molar-refractivity contribution is 9.10. The molecule has 0 saturated heterocycles. The summed E-state index contributed by atoms with van der Waals surface area (Å²) in [5, 5.41) is 0. The molecule has 0 bridgehead atoms. The van der Waals surface area contributed by atoms with Crippen LogP contribution in [0.4, 0.5) is 34.1 Å². The summed E-state index contributed by atoms with van der Waals surface area (Å²) in [6.07, 6.45) is 4.81. The van der Waals surface area contributed by atoms with Crippen LogP contribution >= 0.6 is 15.9 Å². The normalized spacial score (nSPS) is 22.6. The molecule has 5 atom stereocenters. The Morgan fingerprint density at radius 3 is 1.50 bits per heavy atom. The first kappa shape index (κ1) is 53.7. The van der Waals surface area contributed by atoms with E-state index in [9.17, 15) is 0 Å². The Kier molecular flexibility index (Phi) is 14.4. The first-order valence-electron chi connectivity index (χ1n) is 27.5. The van der Waals surface area contributed by atoms with E-state index in [4.69, 9.17) is 0 Å². The summed E-state index contributed by atoms with van der Waals surface area (Å²) in [4.78, 5) is 5.11. The van der Waals surface area contributed by atoms with E-state index in [0.717, 1.165) is 27.2 Å². The van der Waals surface area contributed by atoms with Gasteiger partial charge in [0.1, 0.15) is 0 Å². The molecule has 0 heterocycles. The van der Waals surface area contributed by atoms with E-state index in [1.807, 2.05) is 0 Å². The van der Waals surface area contributed by atoms with Gasteiger partial charge < -0.3 is 9.80 Å². The highest BCUT2D eigenvalue weighted by Crippen LogP contribution is 2.65. The van der Waals surface area contributed by atoms with E-state index < -0.39 is 0 Å². The van der Waals surface area contributed by atoms with Crippen molar-refractivity contribution in [1.29, 1.82) is 0 Å². The standard InChI is InChI=1S/C69H89BrN2/c1-20-51-41-60(67(15,16)66(51,13)14)49-25-23-27-55(39-49)71(54-26-22-24-48(38-54)59-37-47(6)69(19,21-2)68(59,17)18)56-35-46(5)36-57(43-56)72(63-31-29-53(42-61(63)70)65(10,11)12)62-30-28-52(64(7,8)9)40-58(62)50-33-44(3)32-45(4)34-50/h22-36,38-40,42-43,47,51,59-60H,20-21,37,41H2,1-19H3. The molecule has 5 unspecified atom stereocenters. The third-order valence-electron chi connectivity index (χ3n) is 19.6. The van der Waals surface area contributed by atoms with Crippen molar-refractivity contribution in [1.82, 2.24) is 0 Å². The van der Waals surface area contributed by atoms with Gasteiger partial charge in [0, 0.05) is 32.8 Å². The molecule has 2 aliphatic rings. The highest BCUT2D eigenvalue weighted by atomic mass is 79.9. The van der Waals surface area contributed by atoms with Gasteiger partial charge in [-0.2, -0.15) is 0 Å². The van der Waals surface area contributed by atoms with Crippen molar-refractivity contribution in [2.45, 2.75) is 180 Å². The number of benzene rings is 6. The maximum Gasteiger partial charge on any atom is 0.0604 e. The van der Waals surface area contributed by atoms with Crippen LogP contribution < -0.4 is 9.80 Å². The second-order valence-corrected chi connectivity index (χ2v) is 27.5. The molecule has 0 N–H and O–H groups in total. The van der Waals surface area contributed by atoms with Gasteiger partial charge >= 0.3 is 0 Å². The average Bonchev–Trinajstić information content (AvgIpc) is 3.60. The third-order valence-corrected chi connectivity index (χ3v) is 20.3. The van der Waals surface area contributed by atoms with E-state index >= 15 is 0 Å². The first-order valence-corrected chi connectivity index (χ1v) is 28.3. The minimum Gasteiger partial charge on any atom is -0.310 e. The van der Waals surface area contributed by atoms with Crippen LogP contribution in [0.1, 0.15) is 187 Å². The Balaban J connectivity index is 1.40. The molecule has 0 aliphatic heterocycles. The maximum atomic E-state index is 4.21. The summed E-state index contributed by atoms with van der Waals surface area (Å²) in [5.74, 6) is 2.22. The highest BCUT2D eigenvalue weighted by Gasteiger charge is 2.55. The molecule has 2 fully saturated rings. The van der Waals surface area contributed by atoms with Gasteiger partial charge in [-0.15, -0.1) is 0 Å². The summed E-state index contributed by atoms with van der Waals surface area (Å²) < 4.78 is 1.07. The summed E-state index contributed by atoms with van der Waals surface area (Å²) >= 11 is 4.21. The van der Waals surface area contributed by atoms with Crippen molar-refractivity contribution in [2.24, 2.45) is 33.5 Å². The van der Waals surface area contributed by atoms with E-state index in [1.165, 1.54) is 87.1 Å². The summed E-state index contributed by atoms with van der Waals surface area (Å²) in [6.45, 7) is 45.6. The lowest BCUT2D eigenvalue weighted by Gasteiger charge is -2.43. The van der Waals surface area contributed by atoms with Gasteiger partial charge in [-0.3, -0.25) is 0 Å². The second kappa shape index (κ2) is 19.3. The fraction of sp³-hybridized carbons (Fsp3) is 0.478. The molecular weight excluding hydrogens is 937 g/mol. The lowest BCUT2D eigenvalue weighted by molar-refractivity contribution is 0.0762. The summed E-state index contributed by atoms with van der Waals surface area (Å²) in [6, 6.07) is 47.8. The van der Waals surface area contributed by atoms with E-state index in [-0.39, 0.29) is 32.5 Å². The van der Waals surface area contributed by atoms with Gasteiger partial charge in [0.05, 0.1) is 11.4 Å². The smallest absolute Gasteiger partial charge is 0.0604 e. The fourth-order valence-corrected chi connectivity index (χ4v) is 14.3. The van der Waals surface area contributed by atoms with Crippen molar-refractivity contribution in [3.63, 3.8) is 0 Å². The van der Waals surface area contributed by atoms with Crippen molar-refractivity contribution >= 4 is 50.1 Å². The van der Waals surface area contributed by atoms with E-state index in [0.29, 0.717) is 23.7 Å². The zero-order chi connectivity index (χ0) is 52.7. The molecular formula is C69H89BrN2. The van der Waals surface area contributed by atoms with Crippen molar-refractivity contribution in [2.75, 3.05) is 9.80 Å². The fourth-order valence-electron chi connectivity index (χ4n) is 13.7. The minimum absolute atomic E-state index is 0.00754. The molecule has 2 saturated carbocycles. The largest absolute Gasteiger partial charge is 0.310 e. The molecule has 3 heteroatoms. The van der Waals surface area contributed by atoms with Gasteiger partial charge in [-0.25, -0.2) is 0 Å². The topological polar surface area (TPSA) is 6.48 Å². The molecule has 72 heavy (non-hydrogen) atoms. The minimum atomic E-state index is -0.0339. The quantitative estimate of drug-likeness (QED) is 0.128. The Morgan fingerprint density at radius 1 is 0.514 bits per heavy atom. The number of hydrogen-bond acceptors (Lipinski definition) is 2. The Bertz CT molecular complexity index is 2890. The zero-order valence-electron chi connectivity index (χ0n) is 48.0. The van der Waals surface area contributed by atoms with Crippen LogP contribution in [0.3, 0.4) is 0 Å². The third kappa shape index (κ3) is 9.56. The van der Waals surface area contributed by atoms with Crippen LogP contribution in [0.2, 0.25) is 0 Å². The number of aryl methyl sites for hydroxylation is 3. The molecule has 2 aliphatic carbocycles. The molecule has 2 nitrogen and oxygen atoms in total. The molecule has 6 aromatic rings. The molecule has 0 spiro atoms. The molecule has 6 aromatic carbocycles. The van der Waals surface area contributed by atoms with Crippen LogP contribution in [-0.2, 0) is 10.8 Å². The van der Waals surface area contributed by atoms with Crippen molar-refractivity contribution in [3.8, 4) is 11.1 Å². The molecule has 382 valence electrons. The molecule has 0 aromatic heterocycles. The second-order valence-electron chi connectivity index (χ2n) is 26.7. The number of halogens is 1. The predicted octanol–water partition coefficient (Wildman–Crippen LogP) is 21.7. The van der Waals surface area contributed by atoms with Crippen LogP contribution in [0.5, 0.6) is 0 Å². The SMILES string of the molecule is CCC1CC(c2cccc(N(c3cccc(C4CC(C)C(C)(CC)C4(C)C)c3)c3cc(C)cc(N(c4ccc(C(C)(C)C)cc4Br)c4ccc(C(C)(C)C)cc4-c4cc(C)cc(C)c4)c3)c2)C(C)(C)C1(C)C. The summed E-state index contributed by atoms with van der Waals surface area (Å²) in [7, 11) is 0. The molecule has 0 amide bonds. The Hall–Kier alpha value is -4.60. The average molecular weight is 1030 g/mol. The monoisotopic (exact) mass is 1020 g/mol. The van der Waals surface area contributed by atoms with Crippen molar-refractivity contribution in [3.05, 3.63) is 165 Å². The lowest BCUT2D eigenvalue weighted by Crippen LogP contribution is -2.35. The predicted molar refractivity (Wildman–Crippen MR) is 318 cm³/mol. The van der Waals surface area contributed by atoms with E-state index in [2.05, 4.69) is 279 Å². The number of rotatable bonds is 11. The lowest BCUT2D eigenvalue weighted by atomic mass is 9.61. The Labute approximate surface area is 446 Å². The van der Waals surface area contributed by atoms with Crippen molar-refractivity contribution < 1.29 is 0 Å². The molecule has 8 rings (SSSR count). The first-order chi connectivity index (χ1) is 33.5. The van der Waals surface area contributed by atoms with Crippen LogP contribution in [-0.4, -0.2) is 0 Å². The maximum absolute atomic E-state index is 4.21. The van der Waals surface area contributed by atoms with Crippen LogP contribution in [0.25, 0.3) is 11.1 Å². The molecule has 0 radical (unpaired) electrons. The van der Waals surface area contributed by atoms with Gasteiger partial charge in [0.15, 0.2) is 0 Å². The summed E-state index contributed by atoms with van der Waals surface area (Å²) in [5.41, 5.74) is 19.4. The zero-order valence-corrected chi connectivity index (χ0v) is 49.5. The number of nitrogens with zero attached hydrogens (tertiary/aromatic N) is 2. The van der Waals surface area contributed by atoms with Crippen LogP contribution in [0.15, 0.2) is 126 Å². The number of anilines is 6. The Morgan fingerprint density at radius 2 is 1.01 bits per heavy atom. The van der Waals surface area contributed by atoms with Gasteiger partial charge in [0.25, 0.3) is 0 Å². The van der Waals surface area contributed by atoms with Gasteiger partial charge in [0.2, 0.25) is 0 Å². The number of hydrogen-bond donors (Lipinski definition) is 0.